The number of fused-ring (bicyclic) bond motifs is 1. The topological polar surface area (TPSA) is 46.2 Å². The molecule has 26 heavy (non-hydrogen) atoms. The first-order valence-electron chi connectivity index (χ1n) is 8.90. The minimum absolute atomic E-state index is 0.212. The first kappa shape index (κ1) is 17.6. The van der Waals surface area contributed by atoms with Crippen LogP contribution < -0.4 is 0 Å². The Labute approximate surface area is 153 Å². The van der Waals surface area contributed by atoms with Crippen molar-refractivity contribution in [2.75, 3.05) is 20.8 Å². The Balaban J connectivity index is 1.59. The van der Waals surface area contributed by atoms with Gasteiger partial charge in [-0.05, 0) is 5.56 Å². The molecule has 138 valence electrons. The molecule has 2 fully saturated rings. The molecule has 4 rings (SSSR count). The second-order valence-electron chi connectivity index (χ2n) is 6.58. The first-order chi connectivity index (χ1) is 12.8. The van der Waals surface area contributed by atoms with Gasteiger partial charge in [-0.2, -0.15) is 0 Å². The van der Waals surface area contributed by atoms with E-state index in [1.807, 2.05) is 60.7 Å². The number of methoxy groups -OCH3 is 2. The maximum Gasteiger partial charge on any atom is 0.184 e. The van der Waals surface area contributed by atoms with Crippen LogP contribution in [-0.4, -0.2) is 45.2 Å². The van der Waals surface area contributed by atoms with E-state index in [1.54, 1.807) is 14.2 Å². The van der Waals surface area contributed by atoms with Gasteiger partial charge in [0.15, 0.2) is 6.29 Å². The normalized spacial score (nSPS) is 34.2. The molecule has 0 bridgehead atoms. The van der Waals surface area contributed by atoms with Crippen molar-refractivity contribution in [2.45, 2.75) is 36.8 Å². The van der Waals surface area contributed by atoms with Gasteiger partial charge in [-0.15, -0.1) is 0 Å². The molecular formula is C21H24O5. The third kappa shape index (κ3) is 3.29. The van der Waals surface area contributed by atoms with E-state index < -0.39 is 6.29 Å². The van der Waals surface area contributed by atoms with Gasteiger partial charge in [0, 0.05) is 19.8 Å². The summed E-state index contributed by atoms with van der Waals surface area (Å²) in [5.41, 5.74) is 2.05. The van der Waals surface area contributed by atoms with Gasteiger partial charge in [0.05, 0.1) is 6.61 Å². The number of rotatable bonds is 4. The highest BCUT2D eigenvalue weighted by molar-refractivity contribution is 5.21. The van der Waals surface area contributed by atoms with Gasteiger partial charge in [-0.3, -0.25) is 0 Å². The van der Waals surface area contributed by atoms with E-state index in [-0.39, 0.29) is 30.5 Å². The lowest BCUT2D eigenvalue weighted by atomic mass is 9.90. The summed E-state index contributed by atoms with van der Waals surface area (Å²) >= 11 is 0. The second kappa shape index (κ2) is 7.86. The van der Waals surface area contributed by atoms with Crippen molar-refractivity contribution in [3.8, 4) is 0 Å². The average Bonchev–Trinajstić information content (AvgIpc) is 2.73. The zero-order chi connectivity index (χ0) is 17.9. The van der Waals surface area contributed by atoms with Crippen LogP contribution >= 0.6 is 0 Å². The monoisotopic (exact) mass is 356 g/mol. The standard InChI is InChI=1S/C21H24O5/c1-22-19-17(14-9-5-3-6-10-14)25-16-13-24-21(15-11-7-4-8-12-15)26-18(16)20(19)23-2/h3-12,16-21H,13H2,1-2H3/t16-,17+,18+,19+,20+,21-/m1/s1. The fraction of sp³-hybridized carbons (Fsp3) is 0.429. The third-order valence-electron chi connectivity index (χ3n) is 5.07. The molecule has 2 heterocycles. The van der Waals surface area contributed by atoms with Crippen LogP contribution in [-0.2, 0) is 23.7 Å². The lowest BCUT2D eigenvalue weighted by molar-refractivity contribution is -0.334. The maximum atomic E-state index is 6.34. The summed E-state index contributed by atoms with van der Waals surface area (Å²) < 4.78 is 30.1. The fourth-order valence-corrected chi connectivity index (χ4v) is 3.80. The number of benzene rings is 2. The molecule has 2 aliphatic heterocycles. The number of hydrogen-bond acceptors (Lipinski definition) is 5. The molecule has 0 aromatic heterocycles. The Kier molecular flexibility index (Phi) is 5.33. The molecular weight excluding hydrogens is 332 g/mol. The predicted octanol–water partition coefficient (Wildman–Crippen LogP) is 3.27. The lowest BCUT2D eigenvalue weighted by Crippen LogP contribution is -2.60. The molecule has 5 nitrogen and oxygen atoms in total. The Hall–Kier alpha value is -1.76. The molecule has 2 aromatic rings. The van der Waals surface area contributed by atoms with Gasteiger partial charge in [-0.1, -0.05) is 60.7 Å². The molecule has 0 saturated carbocycles. The molecule has 5 heteroatoms. The van der Waals surface area contributed by atoms with Crippen molar-refractivity contribution < 1.29 is 23.7 Å². The van der Waals surface area contributed by atoms with Crippen molar-refractivity contribution in [2.24, 2.45) is 0 Å². The van der Waals surface area contributed by atoms with Gasteiger partial charge in [0.2, 0.25) is 0 Å². The SMILES string of the molecule is CO[C@H]1[C@H]2O[C@H](c3ccccc3)OC[C@H]2O[C@@H](c2ccccc2)[C@@H]1OC. The van der Waals surface area contributed by atoms with Crippen LogP contribution in [0.25, 0.3) is 0 Å². The summed E-state index contributed by atoms with van der Waals surface area (Å²) in [4.78, 5) is 0. The zero-order valence-corrected chi connectivity index (χ0v) is 15.0. The maximum absolute atomic E-state index is 6.34. The first-order valence-corrected chi connectivity index (χ1v) is 8.90. The molecule has 0 unspecified atom stereocenters. The predicted molar refractivity (Wildman–Crippen MR) is 95.7 cm³/mol. The fourth-order valence-electron chi connectivity index (χ4n) is 3.80. The van der Waals surface area contributed by atoms with Crippen LogP contribution in [0.4, 0.5) is 0 Å². The molecule has 0 aliphatic carbocycles. The molecule has 0 amide bonds. The molecule has 2 aromatic carbocycles. The van der Waals surface area contributed by atoms with E-state index in [1.165, 1.54) is 0 Å². The third-order valence-corrected chi connectivity index (χ3v) is 5.07. The Morgan fingerprint density at radius 2 is 1.38 bits per heavy atom. The summed E-state index contributed by atoms with van der Waals surface area (Å²) in [6.45, 7) is 0.448. The molecule has 2 saturated heterocycles. The van der Waals surface area contributed by atoms with Crippen molar-refractivity contribution in [1.29, 1.82) is 0 Å². The van der Waals surface area contributed by atoms with Crippen LogP contribution in [0.2, 0.25) is 0 Å². The van der Waals surface area contributed by atoms with E-state index in [9.17, 15) is 0 Å². The summed E-state index contributed by atoms with van der Waals surface area (Å²) in [5, 5.41) is 0. The highest BCUT2D eigenvalue weighted by atomic mass is 16.7. The van der Waals surface area contributed by atoms with Crippen molar-refractivity contribution in [3.63, 3.8) is 0 Å². The average molecular weight is 356 g/mol. The number of hydrogen-bond donors (Lipinski definition) is 0. The van der Waals surface area contributed by atoms with Gasteiger partial charge in [-0.25, -0.2) is 0 Å². The van der Waals surface area contributed by atoms with Crippen molar-refractivity contribution in [3.05, 3.63) is 71.8 Å². The van der Waals surface area contributed by atoms with Gasteiger partial charge >= 0.3 is 0 Å². The van der Waals surface area contributed by atoms with Crippen molar-refractivity contribution >= 4 is 0 Å². The van der Waals surface area contributed by atoms with Gasteiger partial charge < -0.3 is 23.7 Å². The smallest absolute Gasteiger partial charge is 0.184 e. The highest BCUT2D eigenvalue weighted by Gasteiger charge is 2.50. The Morgan fingerprint density at radius 1 is 0.769 bits per heavy atom. The van der Waals surface area contributed by atoms with Crippen LogP contribution in [0.15, 0.2) is 60.7 Å². The summed E-state index contributed by atoms with van der Waals surface area (Å²) in [6.07, 6.45) is -1.64. The van der Waals surface area contributed by atoms with E-state index >= 15 is 0 Å². The summed E-state index contributed by atoms with van der Waals surface area (Å²) in [5.74, 6) is 0. The molecule has 6 atom stereocenters. The minimum atomic E-state index is -0.426. The van der Waals surface area contributed by atoms with Crippen LogP contribution in [0.5, 0.6) is 0 Å². The second-order valence-corrected chi connectivity index (χ2v) is 6.58. The van der Waals surface area contributed by atoms with E-state index in [4.69, 9.17) is 23.7 Å². The molecule has 2 aliphatic rings. The van der Waals surface area contributed by atoms with Crippen LogP contribution in [0, 0.1) is 0 Å². The lowest BCUT2D eigenvalue weighted by Gasteiger charge is -2.48. The van der Waals surface area contributed by atoms with E-state index in [0.29, 0.717) is 6.61 Å². The molecule has 0 spiro atoms. The Bertz CT molecular complexity index is 692. The van der Waals surface area contributed by atoms with E-state index in [0.717, 1.165) is 11.1 Å². The van der Waals surface area contributed by atoms with E-state index in [2.05, 4.69) is 0 Å². The molecule has 0 N–H and O–H groups in total. The molecule has 0 radical (unpaired) electrons. The zero-order valence-electron chi connectivity index (χ0n) is 15.0. The van der Waals surface area contributed by atoms with Crippen LogP contribution in [0.3, 0.4) is 0 Å². The minimum Gasteiger partial charge on any atom is -0.376 e. The highest BCUT2D eigenvalue weighted by Crippen LogP contribution is 2.40. The Morgan fingerprint density at radius 3 is 2.00 bits per heavy atom. The quantitative estimate of drug-likeness (QED) is 0.841. The van der Waals surface area contributed by atoms with Gasteiger partial charge in [0.25, 0.3) is 0 Å². The number of ether oxygens (including phenoxy) is 5. The van der Waals surface area contributed by atoms with Gasteiger partial charge in [0.1, 0.15) is 30.5 Å². The summed E-state index contributed by atoms with van der Waals surface area (Å²) in [6, 6.07) is 20.0. The largest absolute Gasteiger partial charge is 0.376 e. The van der Waals surface area contributed by atoms with Crippen LogP contribution in [0.1, 0.15) is 23.5 Å². The van der Waals surface area contributed by atoms with Crippen molar-refractivity contribution in [1.82, 2.24) is 0 Å². The summed E-state index contributed by atoms with van der Waals surface area (Å²) in [7, 11) is 3.38.